The molecule has 0 unspecified atom stereocenters. The number of ether oxygens (including phenoxy) is 1. The fraction of sp³-hybridized carbons (Fsp3) is 0.556. The Hall–Kier alpha value is -2.08. The molecule has 0 radical (unpaired) electrons. The van der Waals surface area contributed by atoms with Gasteiger partial charge in [-0.2, -0.15) is 0 Å². The maximum absolute atomic E-state index is 12.9. The van der Waals surface area contributed by atoms with Gasteiger partial charge in [0, 0.05) is 32.3 Å². The second kappa shape index (κ2) is 6.81. The second-order valence-electron chi connectivity index (χ2n) is 6.60. The van der Waals surface area contributed by atoms with Gasteiger partial charge in [0.25, 0.3) is 5.91 Å². The lowest BCUT2D eigenvalue weighted by molar-refractivity contribution is 0.0641. The summed E-state index contributed by atoms with van der Waals surface area (Å²) in [7, 11) is 1.64. The number of amides is 3. The number of hydrogen-bond acceptors (Lipinski definition) is 3. The van der Waals surface area contributed by atoms with Crippen LogP contribution in [0.5, 0.6) is 0 Å². The Morgan fingerprint density at radius 1 is 1.38 bits per heavy atom. The highest BCUT2D eigenvalue weighted by molar-refractivity contribution is 5.96. The van der Waals surface area contributed by atoms with Gasteiger partial charge in [0.15, 0.2) is 0 Å². The summed E-state index contributed by atoms with van der Waals surface area (Å²) in [5, 5.41) is 3.01. The summed E-state index contributed by atoms with van der Waals surface area (Å²) in [6.45, 7) is 6.36. The van der Waals surface area contributed by atoms with Crippen molar-refractivity contribution < 1.29 is 14.3 Å². The SMILES string of the molecule is COCCN1C(=O)N[C@H]2CN(C(=O)c3cccc(C)c3C)CC[C@H]21. The van der Waals surface area contributed by atoms with Crippen LogP contribution >= 0.6 is 0 Å². The van der Waals surface area contributed by atoms with Gasteiger partial charge in [0.1, 0.15) is 0 Å². The zero-order valence-corrected chi connectivity index (χ0v) is 14.5. The molecule has 2 aliphatic rings. The van der Waals surface area contributed by atoms with E-state index in [-0.39, 0.29) is 24.0 Å². The number of rotatable bonds is 4. The Morgan fingerprint density at radius 3 is 2.92 bits per heavy atom. The van der Waals surface area contributed by atoms with Gasteiger partial charge in [-0.3, -0.25) is 4.79 Å². The minimum absolute atomic E-state index is 0.00262. The van der Waals surface area contributed by atoms with Gasteiger partial charge in [-0.15, -0.1) is 0 Å². The molecule has 0 saturated carbocycles. The van der Waals surface area contributed by atoms with E-state index in [1.54, 1.807) is 7.11 Å². The molecular formula is C18H25N3O3. The molecule has 2 saturated heterocycles. The molecule has 3 rings (SSSR count). The third-order valence-corrected chi connectivity index (χ3v) is 5.20. The Balaban J connectivity index is 1.71. The van der Waals surface area contributed by atoms with Gasteiger partial charge < -0.3 is 19.9 Å². The molecule has 2 aliphatic heterocycles. The van der Waals surface area contributed by atoms with Crippen LogP contribution in [0.15, 0.2) is 18.2 Å². The van der Waals surface area contributed by atoms with E-state index >= 15 is 0 Å². The first-order chi connectivity index (χ1) is 11.5. The first kappa shape index (κ1) is 16.8. The Labute approximate surface area is 142 Å². The zero-order valence-electron chi connectivity index (χ0n) is 14.5. The van der Waals surface area contributed by atoms with Crippen molar-refractivity contribution in [2.75, 3.05) is 33.4 Å². The van der Waals surface area contributed by atoms with Gasteiger partial charge in [-0.05, 0) is 37.5 Å². The molecule has 1 aromatic rings. The summed E-state index contributed by atoms with van der Waals surface area (Å²) in [4.78, 5) is 28.7. The van der Waals surface area contributed by atoms with E-state index < -0.39 is 0 Å². The minimum atomic E-state index is -0.0527. The largest absolute Gasteiger partial charge is 0.383 e. The second-order valence-corrected chi connectivity index (χ2v) is 6.60. The van der Waals surface area contributed by atoms with E-state index in [4.69, 9.17) is 4.74 Å². The number of methoxy groups -OCH3 is 1. The summed E-state index contributed by atoms with van der Waals surface area (Å²) in [5.41, 5.74) is 2.91. The van der Waals surface area contributed by atoms with Crippen molar-refractivity contribution >= 4 is 11.9 Å². The number of hydrogen-bond donors (Lipinski definition) is 1. The number of piperidine rings is 1. The number of urea groups is 1. The molecule has 2 fully saturated rings. The lowest BCUT2D eigenvalue weighted by Crippen LogP contribution is -2.53. The molecule has 1 aromatic carbocycles. The standard InChI is InChI=1S/C18H25N3O3/c1-12-5-4-6-14(13(12)2)17(22)20-8-7-16-15(11-20)19-18(23)21(16)9-10-24-3/h4-6,15-16H,7-11H2,1-3H3,(H,19,23)/t15-,16+/m0/s1. The number of aryl methyl sites for hydroxylation is 1. The third-order valence-electron chi connectivity index (χ3n) is 5.20. The molecule has 6 nitrogen and oxygen atoms in total. The van der Waals surface area contributed by atoms with Crippen molar-refractivity contribution in [3.05, 3.63) is 34.9 Å². The first-order valence-corrected chi connectivity index (χ1v) is 8.44. The van der Waals surface area contributed by atoms with Crippen LogP contribution in [-0.2, 0) is 4.74 Å². The van der Waals surface area contributed by atoms with Crippen LogP contribution in [0, 0.1) is 13.8 Å². The molecule has 0 aromatic heterocycles. The maximum Gasteiger partial charge on any atom is 0.318 e. The number of fused-ring (bicyclic) bond motifs is 1. The van der Waals surface area contributed by atoms with Crippen molar-refractivity contribution in [1.29, 1.82) is 0 Å². The molecule has 0 spiro atoms. The van der Waals surface area contributed by atoms with Gasteiger partial charge in [0.05, 0.1) is 18.7 Å². The number of likely N-dealkylation sites (tertiary alicyclic amines) is 1. The molecule has 2 heterocycles. The van der Waals surface area contributed by atoms with Crippen LogP contribution in [0.25, 0.3) is 0 Å². The van der Waals surface area contributed by atoms with Crippen LogP contribution < -0.4 is 5.32 Å². The van der Waals surface area contributed by atoms with E-state index in [2.05, 4.69) is 5.32 Å². The van der Waals surface area contributed by atoms with Crippen molar-refractivity contribution in [3.63, 3.8) is 0 Å². The summed E-state index contributed by atoms with van der Waals surface area (Å²) < 4.78 is 5.09. The van der Waals surface area contributed by atoms with Gasteiger partial charge >= 0.3 is 6.03 Å². The number of benzene rings is 1. The predicted octanol–water partition coefficient (Wildman–Crippen LogP) is 1.56. The van der Waals surface area contributed by atoms with E-state index in [0.717, 1.165) is 23.1 Å². The van der Waals surface area contributed by atoms with Crippen molar-refractivity contribution in [1.82, 2.24) is 15.1 Å². The molecule has 0 aliphatic carbocycles. The Morgan fingerprint density at radius 2 is 2.17 bits per heavy atom. The molecule has 1 N–H and O–H groups in total. The van der Waals surface area contributed by atoms with Crippen LogP contribution in [0.3, 0.4) is 0 Å². The van der Waals surface area contributed by atoms with Crippen molar-refractivity contribution in [2.45, 2.75) is 32.4 Å². The minimum Gasteiger partial charge on any atom is -0.383 e. The number of nitrogens with one attached hydrogen (secondary N) is 1. The number of carbonyl (C=O) groups excluding carboxylic acids is 2. The Bertz CT molecular complexity index is 646. The molecule has 130 valence electrons. The average molecular weight is 331 g/mol. The van der Waals surface area contributed by atoms with E-state index in [1.165, 1.54) is 0 Å². The molecule has 2 atom stereocenters. The summed E-state index contributed by atoms with van der Waals surface area (Å²) in [6, 6.07) is 5.92. The van der Waals surface area contributed by atoms with E-state index in [1.807, 2.05) is 41.8 Å². The topological polar surface area (TPSA) is 61.9 Å². The highest BCUT2D eigenvalue weighted by atomic mass is 16.5. The molecule has 6 heteroatoms. The maximum atomic E-state index is 12.9. The smallest absolute Gasteiger partial charge is 0.318 e. The highest BCUT2D eigenvalue weighted by Crippen LogP contribution is 2.24. The van der Waals surface area contributed by atoms with Crippen LogP contribution in [0.1, 0.15) is 27.9 Å². The van der Waals surface area contributed by atoms with Crippen LogP contribution in [-0.4, -0.2) is 67.2 Å². The molecule has 24 heavy (non-hydrogen) atoms. The van der Waals surface area contributed by atoms with Gasteiger partial charge in [-0.1, -0.05) is 12.1 Å². The fourth-order valence-electron chi connectivity index (χ4n) is 3.64. The van der Waals surface area contributed by atoms with Crippen LogP contribution in [0.2, 0.25) is 0 Å². The quantitative estimate of drug-likeness (QED) is 0.911. The third kappa shape index (κ3) is 2.98. The average Bonchev–Trinajstić information content (AvgIpc) is 2.89. The van der Waals surface area contributed by atoms with Crippen LogP contribution in [0.4, 0.5) is 4.79 Å². The van der Waals surface area contributed by atoms with Gasteiger partial charge in [-0.25, -0.2) is 4.79 Å². The molecule has 0 bridgehead atoms. The highest BCUT2D eigenvalue weighted by Gasteiger charge is 2.43. The summed E-state index contributed by atoms with van der Waals surface area (Å²) >= 11 is 0. The Kier molecular flexibility index (Phi) is 4.76. The number of carbonyl (C=O) groups is 2. The fourth-order valence-corrected chi connectivity index (χ4v) is 3.64. The van der Waals surface area contributed by atoms with E-state index in [0.29, 0.717) is 26.2 Å². The predicted molar refractivity (Wildman–Crippen MR) is 91.1 cm³/mol. The lowest BCUT2D eigenvalue weighted by Gasteiger charge is -2.37. The number of nitrogens with zero attached hydrogens (tertiary/aromatic N) is 2. The molecule has 3 amide bonds. The van der Waals surface area contributed by atoms with E-state index in [9.17, 15) is 9.59 Å². The lowest BCUT2D eigenvalue weighted by atomic mass is 9.97. The zero-order chi connectivity index (χ0) is 17.3. The van der Waals surface area contributed by atoms with Gasteiger partial charge in [0.2, 0.25) is 0 Å². The monoisotopic (exact) mass is 331 g/mol. The normalized spacial score (nSPS) is 23.2. The van der Waals surface area contributed by atoms with Crippen molar-refractivity contribution in [3.8, 4) is 0 Å². The first-order valence-electron chi connectivity index (χ1n) is 8.44. The summed E-state index contributed by atoms with van der Waals surface area (Å²) in [6.07, 6.45) is 0.795. The summed E-state index contributed by atoms with van der Waals surface area (Å²) in [5.74, 6) is 0.0549. The molecular weight excluding hydrogens is 306 g/mol. The van der Waals surface area contributed by atoms with Crippen molar-refractivity contribution in [2.24, 2.45) is 0 Å².